The van der Waals surface area contributed by atoms with E-state index in [2.05, 4.69) is 0 Å². The molecule has 0 aromatic carbocycles. The highest BCUT2D eigenvalue weighted by molar-refractivity contribution is 7.91. The van der Waals surface area contributed by atoms with Crippen LogP contribution in [0.1, 0.15) is 38.5 Å². The maximum absolute atomic E-state index is 11.5. The molecule has 1 saturated carbocycles. The first-order chi connectivity index (χ1) is 6.55. The van der Waals surface area contributed by atoms with E-state index in [1.807, 2.05) is 0 Å². The highest BCUT2D eigenvalue weighted by atomic mass is 32.2. The molecule has 0 heterocycles. The van der Waals surface area contributed by atoms with Crippen LogP contribution in [0.4, 0.5) is 0 Å². The maximum Gasteiger partial charge on any atom is 0.151 e. The van der Waals surface area contributed by atoms with Crippen LogP contribution in [-0.2, 0) is 9.84 Å². The van der Waals surface area contributed by atoms with Gasteiger partial charge in [0.05, 0.1) is 5.25 Å². The van der Waals surface area contributed by atoms with E-state index in [1.54, 1.807) is 0 Å². The van der Waals surface area contributed by atoms with E-state index in [0.717, 1.165) is 25.7 Å². The van der Waals surface area contributed by atoms with Gasteiger partial charge in [0.15, 0.2) is 9.84 Å². The zero-order chi connectivity index (χ0) is 10.6. The van der Waals surface area contributed by atoms with Crippen molar-refractivity contribution in [3.8, 4) is 0 Å². The molecule has 1 aliphatic carbocycles. The number of sulfone groups is 1. The second-order valence-electron chi connectivity index (χ2n) is 4.36. The second-order valence-corrected chi connectivity index (χ2v) is 6.62. The van der Waals surface area contributed by atoms with Crippen LogP contribution in [0.25, 0.3) is 0 Å². The molecule has 0 aromatic rings. The lowest BCUT2D eigenvalue weighted by atomic mass is 9.96. The van der Waals surface area contributed by atoms with Gasteiger partial charge >= 0.3 is 0 Å². The molecule has 1 fully saturated rings. The molecule has 14 heavy (non-hydrogen) atoms. The Balaban J connectivity index is 2.67. The number of nitrogens with two attached hydrogens (primary N) is 1. The summed E-state index contributed by atoms with van der Waals surface area (Å²) in [7, 11) is -2.96. The van der Waals surface area contributed by atoms with Gasteiger partial charge in [-0.2, -0.15) is 0 Å². The molecule has 1 atom stereocenters. The van der Waals surface area contributed by atoms with Crippen LogP contribution in [0, 0.1) is 5.92 Å². The van der Waals surface area contributed by atoms with E-state index in [4.69, 9.17) is 5.73 Å². The van der Waals surface area contributed by atoms with Gasteiger partial charge in [-0.25, -0.2) is 8.42 Å². The van der Waals surface area contributed by atoms with Gasteiger partial charge in [-0.15, -0.1) is 0 Å². The summed E-state index contributed by atoms with van der Waals surface area (Å²) in [5.74, 6) is 0.303. The van der Waals surface area contributed by atoms with Crippen molar-refractivity contribution in [1.29, 1.82) is 0 Å². The molecule has 0 aromatic heterocycles. The maximum atomic E-state index is 11.5. The number of hydrogen-bond acceptors (Lipinski definition) is 3. The molecule has 4 heteroatoms. The molecule has 0 spiro atoms. The topological polar surface area (TPSA) is 60.2 Å². The van der Waals surface area contributed by atoms with Gasteiger partial charge in [-0.1, -0.05) is 25.7 Å². The van der Waals surface area contributed by atoms with Crippen molar-refractivity contribution < 1.29 is 8.42 Å². The van der Waals surface area contributed by atoms with Gasteiger partial charge in [-0.05, 0) is 18.8 Å². The van der Waals surface area contributed by atoms with E-state index in [9.17, 15) is 8.42 Å². The normalized spacial score (nSPS) is 23.0. The van der Waals surface area contributed by atoms with Crippen molar-refractivity contribution in [2.75, 3.05) is 12.8 Å². The smallest absolute Gasteiger partial charge is 0.151 e. The van der Waals surface area contributed by atoms with Gasteiger partial charge in [0.2, 0.25) is 0 Å². The van der Waals surface area contributed by atoms with Crippen molar-refractivity contribution >= 4 is 9.84 Å². The van der Waals surface area contributed by atoms with E-state index >= 15 is 0 Å². The quantitative estimate of drug-likeness (QED) is 0.728. The van der Waals surface area contributed by atoms with Gasteiger partial charge in [0.25, 0.3) is 0 Å². The summed E-state index contributed by atoms with van der Waals surface area (Å²) in [5.41, 5.74) is 5.56. The van der Waals surface area contributed by atoms with E-state index < -0.39 is 9.84 Å². The molecule has 0 bridgehead atoms. The summed E-state index contributed by atoms with van der Waals surface area (Å²) in [6.07, 6.45) is 8.21. The lowest BCUT2D eigenvalue weighted by molar-refractivity contribution is 0.427. The monoisotopic (exact) mass is 219 g/mol. The minimum Gasteiger partial charge on any atom is -0.329 e. The molecular formula is C10H21NO2S. The first kappa shape index (κ1) is 12.0. The van der Waals surface area contributed by atoms with Gasteiger partial charge < -0.3 is 5.73 Å². The Morgan fingerprint density at radius 2 is 1.71 bits per heavy atom. The molecule has 0 saturated heterocycles. The minimum atomic E-state index is -2.96. The molecule has 0 radical (unpaired) electrons. The molecule has 0 amide bonds. The van der Waals surface area contributed by atoms with E-state index in [0.29, 0.717) is 5.92 Å². The van der Waals surface area contributed by atoms with Crippen LogP contribution in [0.5, 0.6) is 0 Å². The van der Waals surface area contributed by atoms with Gasteiger partial charge in [-0.3, -0.25) is 0 Å². The largest absolute Gasteiger partial charge is 0.329 e. The minimum absolute atomic E-state index is 0.281. The van der Waals surface area contributed by atoms with Crippen LogP contribution < -0.4 is 5.73 Å². The van der Waals surface area contributed by atoms with Crippen LogP contribution in [0.15, 0.2) is 0 Å². The summed E-state index contributed by atoms with van der Waals surface area (Å²) in [4.78, 5) is 0. The molecule has 1 aliphatic rings. The molecule has 0 aliphatic heterocycles. The Hall–Kier alpha value is -0.0900. The molecule has 1 rings (SSSR count). The summed E-state index contributed by atoms with van der Waals surface area (Å²) in [6, 6.07) is 0. The van der Waals surface area contributed by atoms with Crippen molar-refractivity contribution in [1.82, 2.24) is 0 Å². The molecule has 2 N–H and O–H groups in total. The third-order valence-electron chi connectivity index (χ3n) is 3.21. The van der Waals surface area contributed by atoms with Crippen LogP contribution >= 0.6 is 0 Å². The highest BCUT2D eigenvalue weighted by Crippen LogP contribution is 2.28. The van der Waals surface area contributed by atoms with Gasteiger partial charge in [0, 0.05) is 12.8 Å². The fourth-order valence-electron chi connectivity index (χ4n) is 2.40. The van der Waals surface area contributed by atoms with Crippen LogP contribution in [0.2, 0.25) is 0 Å². The Morgan fingerprint density at radius 3 is 2.07 bits per heavy atom. The van der Waals surface area contributed by atoms with E-state index in [1.165, 1.54) is 19.1 Å². The van der Waals surface area contributed by atoms with Gasteiger partial charge in [0.1, 0.15) is 0 Å². The van der Waals surface area contributed by atoms with Crippen molar-refractivity contribution in [2.24, 2.45) is 11.7 Å². The number of rotatable bonds is 3. The van der Waals surface area contributed by atoms with Crippen molar-refractivity contribution in [3.05, 3.63) is 0 Å². The summed E-state index contributed by atoms with van der Waals surface area (Å²) < 4.78 is 23.0. The third-order valence-corrected chi connectivity index (χ3v) is 4.89. The highest BCUT2D eigenvalue weighted by Gasteiger charge is 2.29. The molecule has 1 unspecified atom stereocenters. The van der Waals surface area contributed by atoms with Crippen molar-refractivity contribution in [3.63, 3.8) is 0 Å². The summed E-state index contributed by atoms with van der Waals surface area (Å²) >= 11 is 0. The Kier molecular flexibility index (Phi) is 4.38. The SMILES string of the molecule is CS(=O)(=O)C(CN)C1CCCCCC1. The standard InChI is InChI=1S/C10H21NO2S/c1-14(12,13)10(8-11)9-6-4-2-3-5-7-9/h9-10H,2-8,11H2,1H3. The van der Waals surface area contributed by atoms with E-state index in [-0.39, 0.29) is 11.8 Å². The molecule has 3 nitrogen and oxygen atoms in total. The third kappa shape index (κ3) is 3.24. The Bertz CT molecular complexity index is 253. The first-order valence-corrected chi connectivity index (χ1v) is 7.40. The predicted molar refractivity (Wildman–Crippen MR) is 58.9 cm³/mol. The zero-order valence-corrected chi connectivity index (χ0v) is 9.72. The zero-order valence-electron chi connectivity index (χ0n) is 8.91. The van der Waals surface area contributed by atoms with Crippen LogP contribution in [0.3, 0.4) is 0 Å². The lowest BCUT2D eigenvalue weighted by Gasteiger charge is -2.22. The Labute approximate surface area is 87.0 Å². The lowest BCUT2D eigenvalue weighted by Crippen LogP contribution is -2.36. The predicted octanol–water partition coefficient (Wildman–Crippen LogP) is 1.33. The Morgan fingerprint density at radius 1 is 1.21 bits per heavy atom. The average molecular weight is 219 g/mol. The first-order valence-electron chi connectivity index (χ1n) is 5.44. The molecule has 84 valence electrons. The second kappa shape index (κ2) is 5.12. The summed E-state index contributed by atoms with van der Waals surface area (Å²) in [6.45, 7) is 0.281. The molecular weight excluding hydrogens is 198 g/mol. The fraction of sp³-hybridized carbons (Fsp3) is 1.00. The van der Waals surface area contributed by atoms with Crippen LogP contribution in [-0.4, -0.2) is 26.5 Å². The average Bonchev–Trinajstić information content (AvgIpc) is 2.31. The van der Waals surface area contributed by atoms with Crippen molar-refractivity contribution in [2.45, 2.75) is 43.8 Å². The number of hydrogen-bond donors (Lipinski definition) is 1. The summed E-state index contributed by atoms with van der Waals surface area (Å²) in [5, 5.41) is -0.305. The fourth-order valence-corrected chi connectivity index (χ4v) is 3.72.